The van der Waals surface area contributed by atoms with Crippen molar-refractivity contribution in [2.24, 2.45) is 0 Å². The van der Waals surface area contributed by atoms with Gasteiger partial charge in [-0.3, -0.25) is 9.59 Å². The fraction of sp³-hybridized carbons (Fsp3) is 0.105. The molecule has 27 heavy (non-hydrogen) atoms. The Hall–Kier alpha value is -3.32. The summed E-state index contributed by atoms with van der Waals surface area (Å²) in [6, 6.07) is 12.2. The number of rotatable bonds is 3. The third-order valence-electron chi connectivity index (χ3n) is 4.10. The predicted octanol–water partition coefficient (Wildman–Crippen LogP) is 3.42. The Morgan fingerprint density at radius 2 is 2.11 bits per heavy atom. The number of nitrogens with one attached hydrogen (secondary N) is 2. The molecule has 2 heterocycles. The number of para-hydroxylation sites is 1. The first kappa shape index (κ1) is 17.1. The van der Waals surface area contributed by atoms with E-state index in [-0.39, 0.29) is 18.4 Å². The number of hydrogen-bond donors (Lipinski definition) is 2. The average Bonchev–Trinajstić information content (AvgIpc) is 3.01. The minimum absolute atomic E-state index is 0.0305. The quantitative estimate of drug-likeness (QED) is 0.726. The highest BCUT2D eigenvalue weighted by Crippen LogP contribution is 2.29. The van der Waals surface area contributed by atoms with Crippen LogP contribution in [0.2, 0.25) is 5.02 Å². The predicted molar refractivity (Wildman–Crippen MR) is 102 cm³/mol. The van der Waals surface area contributed by atoms with Crippen molar-refractivity contribution in [1.82, 2.24) is 9.78 Å². The number of hydrogen-bond acceptors (Lipinski definition) is 4. The minimum atomic E-state index is -0.342. The van der Waals surface area contributed by atoms with Gasteiger partial charge in [0.25, 0.3) is 11.8 Å². The molecule has 0 spiro atoms. The summed E-state index contributed by atoms with van der Waals surface area (Å²) < 4.78 is 6.92. The van der Waals surface area contributed by atoms with Crippen molar-refractivity contribution in [3.05, 3.63) is 64.8 Å². The Bertz CT molecular complexity index is 1060. The van der Waals surface area contributed by atoms with Crippen molar-refractivity contribution in [2.45, 2.75) is 6.92 Å². The van der Waals surface area contributed by atoms with Crippen LogP contribution >= 0.6 is 11.6 Å². The molecule has 0 aliphatic carbocycles. The molecule has 3 aromatic rings. The van der Waals surface area contributed by atoms with Crippen LogP contribution in [0.4, 0.5) is 11.5 Å². The van der Waals surface area contributed by atoms with Crippen LogP contribution in [-0.4, -0.2) is 28.2 Å². The van der Waals surface area contributed by atoms with Crippen LogP contribution in [0, 0.1) is 6.92 Å². The molecule has 136 valence electrons. The van der Waals surface area contributed by atoms with Crippen LogP contribution in [0.25, 0.3) is 5.69 Å². The lowest BCUT2D eigenvalue weighted by molar-refractivity contribution is -0.118. The van der Waals surface area contributed by atoms with Gasteiger partial charge in [0, 0.05) is 17.3 Å². The summed E-state index contributed by atoms with van der Waals surface area (Å²) in [6.07, 6.45) is 1.79. The molecular formula is C19H15ClN4O3. The van der Waals surface area contributed by atoms with E-state index in [0.717, 1.165) is 11.3 Å². The SMILES string of the molecule is Cc1cn(-c2ccccc2Cl)nc1NC(=O)c1ccc2c(c1)NC(=O)CO2. The zero-order chi connectivity index (χ0) is 19.0. The van der Waals surface area contributed by atoms with Crippen LogP contribution in [0.5, 0.6) is 5.75 Å². The van der Waals surface area contributed by atoms with Crippen molar-refractivity contribution < 1.29 is 14.3 Å². The first-order chi connectivity index (χ1) is 13.0. The van der Waals surface area contributed by atoms with Crippen LogP contribution in [0.1, 0.15) is 15.9 Å². The second-order valence-corrected chi connectivity index (χ2v) is 6.47. The molecule has 0 unspecified atom stereocenters. The summed E-state index contributed by atoms with van der Waals surface area (Å²) >= 11 is 6.21. The minimum Gasteiger partial charge on any atom is -0.482 e. The summed E-state index contributed by atoms with van der Waals surface area (Å²) in [4.78, 5) is 24.1. The van der Waals surface area contributed by atoms with Gasteiger partial charge in [0.15, 0.2) is 12.4 Å². The first-order valence-corrected chi connectivity index (χ1v) is 8.58. The highest BCUT2D eigenvalue weighted by Gasteiger charge is 2.19. The molecule has 1 aromatic heterocycles. The summed E-state index contributed by atoms with van der Waals surface area (Å²) in [6.45, 7) is 1.81. The zero-order valence-electron chi connectivity index (χ0n) is 14.3. The second kappa shape index (κ2) is 6.77. The van der Waals surface area contributed by atoms with E-state index in [4.69, 9.17) is 16.3 Å². The van der Waals surface area contributed by atoms with Gasteiger partial charge in [-0.25, -0.2) is 4.68 Å². The lowest BCUT2D eigenvalue weighted by atomic mass is 10.1. The number of carbonyl (C=O) groups is 2. The van der Waals surface area contributed by atoms with Gasteiger partial charge >= 0.3 is 0 Å². The molecule has 0 saturated carbocycles. The van der Waals surface area contributed by atoms with E-state index >= 15 is 0 Å². The number of carbonyl (C=O) groups excluding carboxylic acids is 2. The van der Waals surface area contributed by atoms with Crippen molar-refractivity contribution in [2.75, 3.05) is 17.2 Å². The molecule has 0 fully saturated rings. The van der Waals surface area contributed by atoms with Crippen LogP contribution in [0.3, 0.4) is 0 Å². The smallest absolute Gasteiger partial charge is 0.262 e. The number of amides is 2. The largest absolute Gasteiger partial charge is 0.482 e. The summed E-state index contributed by atoms with van der Waals surface area (Å²) in [5.41, 5.74) is 2.36. The van der Waals surface area contributed by atoms with Crippen molar-refractivity contribution in [3.63, 3.8) is 0 Å². The van der Waals surface area contributed by atoms with E-state index in [2.05, 4.69) is 15.7 Å². The normalized spacial score (nSPS) is 12.7. The first-order valence-electron chi connectivity index (χ1n) is 8.20. The van der Waals surface area contributed by atoms with Crippen LogP contribution < -0.4 is 15.4 Å². The highest BCUT2D eigenvalue weighted by molar-refractivity contribution is 6.32. The monoisotopic (exact) mass is 382 g/mol. The summed E-state index contributed by atoms with van der Waals surface area (Å²) in [5.74, 6) is 0.364. The van der Waals surface area contributed by atoms with Gasteiger partial charge in [-0.2, -0.15) is 0 Å². The Balaban J connectivity index is 1.58. The van der Waals surface area contributed by atoms with Gasteiger partial charge in [0.2, 0.25) is 0 Å². The lowest BCUT2D eigenvalue weighted by Crippen LogP contribution is -2.25. The maximum atomic E-state index is 12.6. The van der Waals surface area contributed by atoms with Gasteiger partial charge in [-0.05, 0) is 37.3 Å². The number of benzene rings is 2. The van der Waals surface area contributed by atoms with Crippen molar-refractivity contribution in [3.8, 4) is 11.4 Å². The lowest BCUT2D eigenvalue weighted by Gasteiger charge is -2.18. The Labute approximate surface area is 159 Å². The maximum Gasteiger partial charge on any atom is 0.262 e. The maximum absolute atomic E-state index is 12.6. The van der Waals surface area contributed by atoms with Gasteiger partial charge in [0.05, 0.1) is 16.4 Å². The molecule has 0 saturated heterocycles. The molecule has 8 heteroatoms. The summed E-state index contributed by atoms with van der Waals surface area (Å²) in [7, 11) is 0. The number of nitrogens with zero attached hydrogens (tertiary/aromatic N) is 2. The molecule has 0 radical (unpaired) electrons. The van der Waals surface area contributed by atoms with E-state index in [9.17, 15) is 9.59 Å². The fourth-order valence-corrected chi connectivity index (χ4v) is 2.97. The summed E-state index contributed by atoms with van der Waals surface area (Å²) in [5, 5.41) is 10.4. The Kier molecular flexibility index (Phi) is 4.29. The Morgan fingerprint density at radius 1 is 1.30 bits per heavy atom. The van der Waals surface area contributed by atoms with E-state index in [1.165, 1.54) is 0 Å². The number of aryl methyl sites for hydroxylation is 1. The molecule has 4 rings (SSSR count). The molecule has 0 bridgehead atoms. The third-order valence-corrected chi connectivity index (χ3v) is 4.42. The number of halogens is 1. The van der Waals surface area contributed by atoms with E-state index in [1.807, 2.05) is 25.1 Å². The molecule has 7 nitrogen and oxygen atoms in total. The average molecular weight is 383 g/mol. The van der Waals surface area contributed by atoms with Crippen molar-refractivity contribution in [1.29, 1.82) is 0 Å². The van der Waals surface area contributed by atoms with E-state index < -0.39 is 0 Å². The van der Waals surface area contributed by atoms with Gasteiger partial charge in [-0.15, -0.1) is 5.10 Å². The molecule has 2 aromatic carbocycles. The van der Waals surface area contributed by atoms with Gasteiger partial charge in [0.1, 0.15) is 5.75 Å². The third kappa shape index (κ3) is 3.37. The topological polar surface area (TPSA) is 85.3 Å². The van der Waals surface area contributed by atoms with Gasteiger partial charge in [-0.1, -0.05) is 23.7 Å². The molecule has 1 aliphatic rings. The zero-order valence-corrected chi connectivity index (χ0v) is 15.1. The fourth-order valence-electron chi connectivity index (χ4n) is 2.75. The van der Waals surface area contributed by atoms with E-state index in [0.29, 0.717) is 27.8 Å². The van der Waals surface area contributed by atoms with Crippen molar-refractivity contribution >= 4 is 34.9 Å². The molecule has 2 amide bonds. The Morgan fingerprint density at radius 3 is 2.93 bits per heavy atom. The highest BCUT2D eigenvalue weighted by atomic mass is 35.5. The van der Waals surface area contributed by atoms with Crippen LogP contribution in [0.15, 0.2) is 48.7 Å². The standard InChI is InChI=1S/C19H15ClN4O3/c1-11-9-24(15-5-3-2-4-13(15)20)23-18(11)22-19(26)12-6-7-16-14(8-12)21-17(25)10-27-16/h2-9H,10H2,1H3,(H,21,25)(H,22,23,26). The molecule has 0 atom stereocenters. The molecule has 2 N–H and O–H groups in total. The second-order valence-electron chi connectivity index (χ2n) is 6.06. The van der Waals surface area contributed by atoms with Gasteiger partial charge < -0.3 is 15.4 Å². The van der Waals surface area contributed by atoms with Crippen LogP contribution in [-0.2, 0) is 4.79 Å². The molecular weight excluding hydrogens is 368 g/mol. The number of aromatic nitrogens is 2. The number of ether oxygens (including phenoxy) is 1. The number of anilines is 2. The molecule has 1 aliphatic heterocycles. The number of fused-ring (bicyclic) bond motifs is 1. The van der Waals surface area contributed by atoms with E-state index in [1.54, 1.807) is 35.1 Å².